The fourth-order valence-corrected chi connectivity index (χ4v) is 3.41. The number of hydrogen-bond donors (Lipinski definition) is 1. The molecule has 0 radical (unpaired) electrons. The molecule has 3 heteroatoms. The highest BCUT2D eigenvalue weighted by molar-refractivity contribution is 6.05. The Bertz CT molecular complexity index is 1040. The minimum atomic E-state index is 0.943. The molecule has 0 bridgehead atoms. The van der Waals surface area contributed by atoms with Crippen LogP contribution in [0.3, 0.4) is 0 Å². The lowest BCUT2D eigenvalue weighted by Crippen LogP contribution is -2.07. The fourth-order valence-electron chi connectivity index (χ4n) is 3.41. The molecule has 3 nitrogen and oxygen atoms in total. The SMILES string of the molecule is CN(C)C1=CCC(c2ccc3ccccc3c2C=NNc2ccccc2)=C1. The molecule has 0 atom stereocenters. The summed E-state index contributed by atoms with van der Waals surface area (Å²) in [7, 11) is 4.16. The molecule has 1 aliphatic rings. The molecule has 0 amide bonds. The van der Waals surface area contributed by atoms with Gasteiger partial charge in [0.15, 0.2) is 0 Å². The number of rotatable bonds is 5. The van der Waals surface area contributed by atoms with Gasteiger partial charge in [0.05, 0.1) is 11.9 Å². The molecule has 3 aromatic carbocycles. The van der Waals surface area contributed by atoms with Crippen molar-refractivity contribution >= 4 is 28.2 Å². The van der Waals surface area contributed by atoms with Crippen LogP contribution in [0.1, 0.15) is 17.5 Å². The second kappa shape index (κ2) is 7.50. The van der Waals surface area contributed by atoms with E-state index in [1.807, 2.05) is 36.5 Å². The molecule has 3 aromatic rings. The van der Waals surface area contributed by atoms with Gasteiger partial charge in [-0.25, -0.2) is 0 Å². The first-order chi connectivity index (χ1) is 13.2. The van der Waals surface area contributed by atoms with E-state index in [2.05, 4.69) is 78.1 Å². The molecule has 0 spiro atoms. The number of fused-ring (bicyclic) bond motifs is 1. The van der Waals surface area contributed by atoms with Gasteiger partial charge < -0.3 is 4.90 Å². The third-order valence-electron chi connectivity index (χ3n) is 4.85. The predicted octanol–water partition coefficient (Wildman–Crippen LogP) is 5.52. The highest BCUT2D eigenvalue weighted by atomic mass is 15.3. The zero-order chi connectivity index (χ0) is 18.6. The Morgan fingerprint density at radius 3 is 2.48 bits per heavy atom. The van der Waals surface area contributed by atoms with E-state index in [1.54, 1.807) is 0 Å². The molecular weight excluding hydrogens is 330 g/mol. The summed E-state index contributed by atoms with van der Waals surface area (Å²) in [6.45, 7) is 0. The lowest BCUT2D eigenvalue weighted by atomic mass is 9.94. The van der Waals surface area contributed by atoms with Crippen molar-refractivity contribution in [1.82, 2.24) is 4.90 Å². The first-order valence-corrected chi connectivity index (χ1v) is 9.17. The second-order valence-electron chi connectivity index (χ2n) is 6.88. The minimum absolute atomic E-state index is 0.943. The van der Waals surface area contributed by atoms with E-state index in [0.29, 0.717) is 0 Å². The predicted molar refractivity (Wildman–Crippen MR) is 116 cm³/mol. The normalized spacial score (nSPS) is 13.7. The minimum Gasteiger partial charge on any atom is -0.378 e. The molecule has 0 unspecified atom stereocenters. The lowest BCUT2D eigenvalue weighted by molar-refractivity contribution is 0.531. The van der Waals surface area contributed by atoms with Crippen molar-refractivity contribution < 1.29 is 0 Å². The van der Waals surface area contributed by atoms with Gasteiger partial charge in [0.25, 0.3) is 0 Å². The van der Waals surface area contributed by atoms with Gasteiger partial charge in [0, 0.05) is 25.4 Å². The van der Waals surface area contributed by atoms with E-state index in [-0.39, 0.29) is 0 Å². The molecule has 27 heavy (non-hydrogen) atoms. The van der Waals surface area contributed by atoms with Gasteiger partial charge in [-0.1, -0.05) is 60.7 Å². The van der Waals surface area contributed by atoms with Crippen LogP contribution < -0.4 is 5.43 Å². The van der Waals surface area contributed by atoms with Crippen LogP contribution in [0.2, 0.25) is 0 Å². The Labute approximate surface area is 160 Å². The van der Waals surface area contributed by atoms with Crippen LogP contribution in [0.4, 0.5) is 5.69 Å². The monoisotopic (exact) mass is 353 g/mol. The summed E-state index contributed by atoms with van der Waals surface area (Å²) in [6, 6.07) is 22.9. The average Bonchev–Trinajstić information content (AvgIpc) is 3.19. The van der Waals surface area contributed by atoms with Crippen molar-refractivity contribution in [2.75, 3.05) is 19.5 Å². The van der Waals surface area contributed by atoms with Gasteiger partial charge in [-0.05, 0) is 46.5 Å². The number of allylic oxidation sites excluding steroid dienone is 3. The van der Waals surface area contributed by atoms with Crippen LogP contribution >= 0.6 is 0 Å². The van der Waals surface area contributed by atoms with Gasteiger partial charge in [-0.15, -0.1) is 0 Å². The Kier molecular flexibility index (Phi) is 4.75. The van der Waals surface area contributed by atoms with Crippen LogP contribution in [0, 0.1) is 0 Å². The molecule has 0 fully saturated rings. The Balaban J connectivity index is 1.74. The van der Waals surface area contributed by atoms with Gasteiger partial charge in [0.1, 0.15) is 0 Å². The number of anilines is 1. The largest absolute Gasteiger partial charge is 0.378 e. The number of nitrogens with one attached hydrogen (secondary N) is 1. The maximum atomic E-state index is 4.52. The second-order valence-corrected chi connectivity index (χ2v) is 6.88. The number of nitrogens with zero attached hydrogens (tertiary/aromatic N) is 2. The van der Waals surface area contributed by atoms with Crippen molar-refractivity contribution in [2.24, 2.45) is 5.10 Å². The Hall–Kier alpha value is -3.33. The number of hydrazone groups is 1. The van der Waals surface area contributed by atoms with Gasteiger partial charge in [-0.3, -0.25) is 5.43 Å². The van der Waals surface area contributed by atoms with E-state index >= 15 is 0 Å². The van der Waals surface area contributed by atoms with Crippen LogP contribution in [0.5, 0.6) is 0 Å². The third-order valence-corrected chi connectivity index (χ3v) is 4.85. The van der Waals surface area contributed by atoms with Crippen LogP contribution in [0.25, 0.3) is 16.3 Å². The van der Waals surface area contributed by atoms with E-state index in [4.69, 9.17) is 0 Å². The summed E-state index contributed by atoms with van der Waals surface area (Å²) in [5.41, 5.74) is 9.07. The molecule has 134 valence electrons. The average molecular weight is 353 g/mol. The smallest absolute Gasteiger partial charge is 0.0561 e. The summed E-state index contributed by atoms with van der Waals surface area (Å²) in [5.74, 6) is 0. The molecular formula is C24H23N3. The third kappa shape index (κ3) is 3.63. The maximum Gasteiger partial charge on any atom is 0.0561 e. The maximum absolute atomic E-state index is 4.52. The van der Waals surface area contributed by atoms with E-state index in [1.165, 1.54) is 27.6 Å². The molecule has 1 N–H and O–H groups in total. The van der Waals surface area contributed by atoms with Crippen molar-refractivity contribution in [1.29, 1.82) is 0 Å². The summed E-state index contributed by atoms with van der Waals surface area (Å²) in [5, 5.41) is 6.96. The number of para-hydroxylation sites is 1. The van der Waals surface area contributed by atoms with Gasteiger partial charge in [0.2, 0.25) is 0 Å². The van der Waals surface area contributed by atoms with E-state index in [0.717, 1.165) is 17.7 Å². The molecule has 0 saturated heterocycles. The van der Waals surface area contributed by atoms with E-state index in [9.17, 15) is 0 Å². The van der Waals surface area contributed by atoms with Crippen molar-refractivity contribution in [3.8, 4) is 0 Å². The molecule has 0 saturated carbocycles. The highest BCUT2D eigenvalue weighted by Crippen LogP contribution is 2.33. The van der Waals surface area contributed by atoms with Crippen molar-refractivity contribution in [2.45, 2.75) is 6.42 Å². The summed E-state index contributed by atoms with van der Waals surface area (Å²) >= 11 is 0. The van der Waals surface area contributed by atoms with Crippen LogP contribution in [-0.4, -0.2) is 25.2 Å². The van der Waals surface area contributed by atoms with E-state index < -0.39 is 0 Å². The topological polar surface area (TPSA) is 27.6 Å². The lowest BCUT2D eigenvalue weighted by Gasteiger charge is -2.12. The number of likely N-dealkylation sites (N-methyl/N-ethyl adjacent to an activating group) is 1. The van der Waals surface area contributed by atoms with Gasteiger partial charge in [-0.2, -0.15) is 5.10 Å². The van der Waals surface area contributed by atoms with Crippen LogP contribution in [0.15, 0.2) is 89.7 Å². The standard InChI is InChI=1S/C24H23N3/c1-27(2)21-14-12-19(16-21)23-15-13-18-8-6-7-11-22(18)24(23)17-25-26-20-9-4-3-5-10-20/h3-11,13-17,26H,12H2,1-2H3. The Morgan fingerprint density at radius 2 is 1.70 bits per heavy atom. The summed E-state index contributed by atoms with van der Waals surface area (Å²) in [4.78, 5) is 2.15. The molecule has 1 aliphatic carbocycles. The summed E-state index contributed by atoms with van der Waals surface area (Å²) < 4.78 is 0. The first kappa shape index (κ1) is 17.1. The van der Waals surface area contributed by atoms with Crippen LogP contribution in [-0.2, 0) is 0 Å². The number of benzene rings is 3. The molecule has 0 aromatic heterocycles. The summed E-state index contributed by atoms with van der Waals surface area (Å²) in [6.07, 6.45) is 7.43. The van der Waals surface area contributed by atoms with Gasteiger partial charge >= 0.3 is 0 Å². The first-order valence-electron chi connectivity index (χ1n) is 9.17. The number of hydrogen-bond acceptors (Lipinski definition) is 3. The molecule has 0 aliphatic heterocycles. The zero-order valence-electron chi connectivity index (χ0n) is 15.7. The highest BCUT2D eigenvalue weighted by Gasteiger charge is 2.14. The molecule has 4 rings (SSSR count). The zero-order valence-corrected chi connectivity index (χ0v) is 15.7. The van der Waals surface area contributed by atoms with Crippen molar-refractivity contribution in [3.63, 3.8) is 0 Å². The Morgan fingerprint density at radius 1 is 0.926 bits per heavy atom. The quantitative estimate of drug-likeness (QED) is 0.483. The molecule has 0 heterocycles. The fraction of sp³-hybridized carbons (Fsp3) is 0.125. The van der Waals surface area contributed by atoms with Crippen molar-refractivity contribution in [3.05, 3.63) is 95.7 Å².